The van der Waals surface area contributed by atoms with Crippen LogP contribution in [0.2, 0.25) is 0 Å². The highest BCUT2D eigenvalue weighted by molar-refractivity contribution is 8.00. The predicted molar refractivity (Wildman–Crippen MR) is 86.6 cm³/mol. The normalized spacial score (nSPS) is 11.4. The number of nitrogens with zero attached hydrogens (tertiary/aromatic N) is 2. The van der Waals surface area contributed by atoms with E-state index in [4.69, 9.17) is 0 Å². The Kier molecular flexibility index (Phi) is 5.05. The third-order valence-electron chi connectivity index (χ3n) is 2.64. The van der Waals surface area contributed by atoms with Crippen LogP contribution in [0, 0.1) is 0 Å². The van der Waals surface area contributed by atoms with Crippen molar-refractivity contribution in [3.63, 3.8) is 0 Å². The summed E-state index contributed by atoms with van der Waals surface area (Å²) in [7, 11) is 0. The average molecular weight is 295 g/mol. The molecule has 0 saturated carbocycles. The zero-order chi connectivity index (χ0) is 13.8. The van der Waals surface area contributed by atoms with Crippen LogP contribution in [0.15, 0.2) is 11.1 Å². The van der Waals surface area contributed by atoms with Crippen LogP contribution in [0.1, 0.15) is 39.0 Å². The molecule has 0 fully saturated rings. The first-order chi connectivity index (χ1) is 9.13. The van der Waals surface area contributed by atoms with Gasteiger partial charge in [-0.2, -0.15) is 0 Å². The van der Waals surface area contributed by atoms with Gasteiger partial charge in [-0.25, -0.2) is 9.97 Å². The number of hydrogen-bond donors (Lipinski definition) is 1. The van der Waals surface area contributed by atoms with Crippen molar-refractivity contribution in [2.24, 2.45) is 0 Å². The summed E-state index contributed by atoms with van der Waals surface area (Å²) in [6.07, 6.45) is 2.14. The fraction of sp³-hybridized carbons (Fsp3) is 0.571. The molecule has 2 rings (SSSR count). The third kappa shape index (κ3) is 3.60. The molecule has 2 aromatic rings. The number of thiophene rings is 1. The minimum atomic E-state index is 0.530. The van der Waals surface area contributed by atoms with E-state index >= 15 is 0 Å². The number of thioether (sulfide) groups is 1. The van der Waals surface area contributed by atoms with Gasteiger partial charge in [0.2, 0.25) is 5.95 Å². The highest BCUT2D eigenvalue weighted by Gasteiger charge is 2.12. The molecule has 5 heteroatoms. The van der Waals surface area contributed by atoms with Gasteiger partial charge in [-0.3, -0.25) is 0 Å². The summed E-state index contributed by atoms with van der Waals surface area (Å²) in [5, 5.41) is 6.15. The second kappa shape index (κ2) is 6.57. The molecular formula is C14H21N3S2. The molecule has 0 aromatic carbocycles. The van der Waals surface area contributed by atoms with E-state index in [0.717, 1.165) is 35.2 Å². The van der Waals surface area contributed by atoms with Gasteiger partial charge in [-0.1, -0.05) is 27.7 Å². The van der Waals surface area contributed by atoms with Crippen molar-refractivity contribution in [3.05, 3.63) is 10.9 Å². The Morgan fingerprint density at radius 3 is 2.74 bits per heavy atom. The fourth-order valence-corrected chi connectivity index (χ4v) is 3.65. The summed E-state index contributed by atoms with van der Waals surface area (Å²) in [5.41, 5.74) is 0. The quantitative estimate of drug-likeness (QED) is 0.625. The number of hydrogen-bond acceptors (Lipinski definition) is 5. The third-order valence-corrected chi connectivity index (χ3v) is 4.82. The Morgan fingerprint density at radius 1 is 1.32 bits per heavy atom. The van der Waals surface area contributed by atoms with Gasteiger partial charge in [-0.15, -0.1) is 23.1 Å². The maximum absolute atomic E-state index is 4.67. The second-order valence-electron chi connectivity index (χ2n) is 4.73. The van der Waals surface area contributed by atoms with Crippen molar-refractivity contribution in [1.82, 2.24) is 9.97 Å². The Balaban J connectivity index is 2.43. The Morgan fingerprint density at radius 2 is 2.11 bits per heavy atom. The first-order valence-electron chi connectivity index (χ1n) is 6.85. The molecule has 0 aliphatic rings. The average Bonchev–Trinajstić information content (AvgIpc) is 2.79. The molecule has 0 aliphatic carbocycles. The summed E-state index contributed by atoms with van der Waals surface area (Å²) in [4.78, 5) is 11.8. The molecule has 19 heavy (non-hydrogen) atoms. The molecule has 3 nitrogen and oxygen atoms in total. The van der Waals surface area contributed by atoms with Gasteiger partial charge in [0.05, 0.1) is 0 Å². The zero-order valence-electron chi connectivity index (χ0n) is 12.0. The summed E-state index contributed by atoms with van der Waals surface area (Å²) >= 11 is 3.60. The van der Waals surface area contributed by atoms with Crippen LogP contribution in [-0.4, -0.2) is 21.8 Å². The van der Waals surface area contributed by atoms with Crippen LogP contribution >= 0.6 is 23.1 Å². The molecule has 0 atom stereocenters. The highest BCUT2D eigenvalue weighted by atomic mass is 32.2. The van der Waals surface area contributed by atoms with Gasteiger partial charge in [0.1, 0.15) is 9.86 Å². The monoisotopic (exact) mass is 295 g/mol. The highest BCUT2D eigenvalue weighted by Crippen LogP contribution is 2.34. The van der Waals surface area contributed by atoms with E-state index in [1.807, 2.05) is 11.8 Å². The Hall–Kier alpha value is -0.810. The van der Waals surface area contributed by atoms with Crippen LogP contribution in [0.4, 0.5) is 5.95 Å². The molecule has 2 heterocycles. The minimum absolute atomic E-state index is 0.530. The molecule has 0 spiro atoms. The van der Waals surface area contributed by atoms with Crippen LogP contribution in [0.5, 0.6) is 0 Å². The lowest BCUT2D eigenvalue weighted by molar-refractivity contribution is 0.945. The van der Waals surface area contributed by atoms with E-state index in [-0.39, 0.29) is 0 Å². The summed E-state index contributed by atoms with van der Waals surface area (Å²) in [6, 6.07) is 2.24. The molecular weight excluding hydrogens is 274 g/mol. The lowest BCUT2D eigenvalue weighted by atomic mass is 10.3. The van der Waals surface area contributed by atoms with Crippen LogP contribution in [0.25, 0.3) is 10.2 Å². The standard InChI is InChI=1S/C14H21N3S2/c1-5-7-15-14-16-12(18-9(3)4)11-8-10(6-2)19-13(11)17-14/h8-9H,5-7H2,1-4H3,(H,15,16,17). The number of rotatable bonds is 6. The number of aromatic nitrogens is 2. The van der Waals surface area contributed by atoms with E-state index in [9.17, 15) is 0 Å². The molecule has 2 aromatic heterocycles. The van der Waals surface area contributed by atoms with Crippen molar-refractivity contribution in [3.8, 4) is 0 Å². The maximum Gasteiger partial charge on any atom is 0.225 e. The number of aryl methyl sites for hydroxylation is 1. The zero-order valence-corrected chi connectivity index (χ0v) is 13.6. The SMILES string of the molecule is CCCNc1nc(SC(C)C)c2cc(CC)sc2n1. The van der Waals surface area contributed by atoms with E-state index in [0.29, 0.717) is 5.25 Å². The maximum atomic E-state index is 4.67. The van der Waals surface area contributed by atoms with Crippen LogP contribution in [0.3, 0.4) is 0 Å². The van der Waals surface area contributed by atoms with Gasteiger partial charge >= 0.3 is 0 Å². The lowest BCUT2D eigenvalue weighted by Crippen LogP contribution is -2.05. The van der Waals surface area contributed by atoms with E-state index < -0.39 is 0 Å². The van der Waals surface area contributed by atoms with Crippen molar-refractivity contribution < 1.29 is 0 Å². The van der Waals surface area contributed by atoms with Gasteiger partial charge in [0, 0.05) is 22.1 Å². The first kappa shape index (κ1) is 14.6. The summed E-state index contributed by atoms with van der Waals surface area (Å²) in [5.74, 6) is 0.766. The minimum Gasteiger partial charge on any atom is -0.354 e. The molecule has 0 unspecified atom stereocenters. The molecule has 104 valence electrons. The largest absolute Gasteiger partial charge is 0.354 e. The van der Waals surface area contributed by atoms with Crippen molar-refractivity contribution in [2.45, 2.75) is 50.8 Å². The number of anilines is 1. The fourth-order valence-electron chi connectivity index (χ4n) is 1.75. The van der Waals surface area contributed by atoms with Crippen molar-refractivity contribution in [2.75, 3.05) is 11.9 Å². The lowest BCUT2D eigenvalue weighted by Gasteiger charge is -2.08. The number of fused-ring (bicyclic) bond motifs is 1. The summed E-state index contributed by atoms with van der Waals surface area (Å²) < 4.78 is 0. The smallest absolute Gasteiger partial charge is 0.225 e. The van der Waals surface area contributed by atoms with E-state index in [1.54, 1.807) is 11.3 Å². The van der Waals surface area contributed by atoms with Gasteiger partial charge in [0.25, 0.3) is 0 Å². The molecule has 0 radical (unpaired) electrons. The van der Waals surface area contributed by atoms with E-state index in [2.05, 4.69) is 49.0 Å². The molecule has 1 N–H and O–H groups in total. The predicted octanol–water partition coefficient (Wildman–Crippen LogP) is 4.58. The number of nitrogens with one attached hydrogen (secondary N) is 1. The molecule has 0 saturated heterocycles. The van der Waals surface area contributed by atoms with Gasteiger partial charge in [-0.05, 0) is 18.9 Å². The second-order valence-corrected chi connectivity index (χ2v) is 7.41. The van der Waals surface area contributed by atoms with Gasteiger partial charge in [0.15, 0.2) is 0 Å². The van der Waals surface area contributed by atoms with Crippen molar-refractivity contribution >= 4 is 39.3 Å². The molecule has 0 aliphatic heterocycles. The Bertz CT molecular complexity index is 549. The molecule has 0 amide bonds. The molecule has 0 bridgehead atoms. The first-order valence-corrected chi connectivity index (χ1v) is 8.54. The topological polar surface area (TPSA) is 37.8 Å². The van der Waals surface area contributed by atoms with Gasteiger partial charge < -0.3 is 5.32 Å². The van der Waals surface area contributed by atoms with Crippen LogP contribution < -0.4 is 5.32 Å². The van der Waals surface area contributed by atoms with Crippen molar-refractivity contribution in [1.29, 1.82) is 0 Å². The van der Waals surface area contributed by atoms with Crippen LogP contribution in [-0.2, 0) is 6.42 Å². The Labute approximate surface area is 123 Å². The van der Waals surface area contributed by atoms with E-state index in [1.165, 1.54) is 10.3 Å². The summed E-state index contributed by atoms with van der Waals surface area (Å²) in [6.45, 7) is 9.65.